The van der Waals surface area contributed by atoms with Gasteiger partial charge in [0.1, 0.15) is 6.10 Å². The average molecular weight is 317 g/mol. The normalized spacial score (nSPS) is 19.4. The Morgan fingerprint density at radius 2 is 2.27 bits per heavy atom. The Labute approximate surface area is 134 Å². The molecule has 2 aliphatic rings. The molecule has 116 valence electrons. The van der Waals surface area contributed by atoms with Crippen molar-refractivity contribution in [1.82, 2.24) is 15.1 Å². The van der Waals surface area contributed by atoms with E-state index in [1.165, 1.54) is 10.3 Å². The molecule has 6 heteroatoms. The Bertz CT molecular complexity index is 613. The van der Waals surface area contributed by atoms with E-state index >= 15 is 0 Å². The summed E-state index contributed by atoms with van der Waals surface area (Å²) < 4.78 is 6.73. The standard InChI is InChI=1S/C16H19N3O2S/c20-16(21-15-5-8-17-9-6-15)19-10-7-14(18-19)4-3-13-2-1-11-22-12-13/h1-4,7,10-11,15,17H,5-6,8-9,12H2/b4-3+. The van der Waals surface area contributed by atoms with E-state index < -0.39 is 6.09 Å². The summed E-state index contributed by atoms with van der Waals surface area (Å²) in [4.78, 5) is 12.0. The predicted molar refractivity (Wildman–Crippen MR) is 88.7 cm³/mol. The van der Waals surface area contributed by atoms with E-state index in [0.29, 0.717) is 0 Å². The van der Waals surface area contributed by atoms with Crippen molar-refractivity contribution in [3.63, 3.8) is 0 Å². The maximum atomic E-state index is 12.0. The molecule has 1 N–H and O–H groups in total. The third-order valence-corrected chi connectivity index (χ3v) is 4.40. The van der Waals surface area contributed by atoms with Gasteiger partial charge in [-0.1, -0.05) is 18.2 Å². The molecule has 0 atom stereocenters. The van der Waals surface area contributed by atoms with Crippen molar-refractivity contribution in [2.45, 2.75) is 18.9 Å². The zero-order valence-corrected chi connectivity index (χ0v) is 13.1. The van der Waals surface area contributed by atoms with E-state index in [2.05, 4.69) is 21.9 Å². The first-order valence-electron chi connectivity index (χ1n) is 7.44. The Morgan fingerprint density at radius 3 is 3.05 bits per heavy atom. The molecule has 0 unspecified atom stereocenters. The molecule has 22 heavy (non-hydrogen) atoms. The number of ether oxygens (including phenoxy) is 1. The van der Waals surface area contributed by atoms with Crippen LogP contribution in [0.5, 0.6) is 0 Å². The SMILES string of the molecule is O=C(OC1CCNCC1)n1ccc(/C=C/C2=CC=CSC2)n1. The zero-order chi connectivity index (χ0) is 15.2. The summed E-state index contributed by atoms with van der Waals surface area (Å²) in [7, 11) is 0. The maximum absolute atomic E-state index is 12.0. The van der Waals surface area contributed by atoms with Crippen molar-refractivity contribution < 1.29 is 9.53 Å². The quantitative estimate of drug-likeness (QED) is 0.929. The minimum Gasteiger partial charge on any atom is -0.444 e. The summed E-state index contributed by atoms with van der Waals surface area (Å²) in [5.41, 5.74) is 1.99. The van der Waals surface area contributed by atoms with E-state index in [4.69, 9.17) is 4.74 Å². The molecule has 1 aromatic rings. The average Bonchev–Trinajstić information content (AvgIpc) is 3.04. The Hall–Kier alpha value is -1.79. The van der Waals surface area contributed by atoms with Gasteiger partial charge in [-0.25, -0.2) is 4.79 Å². The number of rotatable bonds is 3. The number of piperidine rings is 1. The van der Waals surface area contributed by atoms with Crippen LogP contribution in [0.4, 0.5) is 4.79 Å². The van der Waals surface area contributed by atoms with E-state index in [-0.39, 0.29) is 6.10 Å². The van der Waals surface area contributed by atoms with Crippen LogP contribution in [-0.4, -0.2) is 40.8 Å². The van der Waals surface area contributed by atoms with Gasteiger partial charge in [-0.15, -0.1) is 11.8 Å². The van der Waals surface area contributed by atoms with Crippen molar-refractivity contribution in [3.8, 4) is 0 Å². The molecule has 0 saturated carbocycles. The van der Waals surface area contributed by atoms with Gasteiger partial charge in [0, 0.05) is 11.9 Å². The summed E-state index contributed by atoms with van der Waals surface area (Å²) in [5.74, 6) is 0.964. The third-order valence-electron chi connectivity index (χ3n) is 3.55. The Kier molecular flexibility index (Phi) is 5.13. The molecule has 1 saturated heterocycles. The first-order valence-corrected chi connectivity index (χ1v) is 8.49. The topological polar surface area (TPSA) is 56.1 Å². The molecule has 3 rings (SSSR count). The van der Waals surface area contributed by atoms with Crippen LogP contribution < -0.4 is 5.32 Å². The summed E-state index contributed by atoms with van der Waals surface area (Å²) >= 11 is 1.76. The molecule has 1 fully saturated rings. The Morgan fingerprint density at radius 1 is 1.41 bits per heavy atom. The Balaban J connectivity index is 1.58. The number of nitrogens with zero attached hydrogens (tertiary/aromatic N) is 2. The summed E-state index contributed by atoms with van der Waals surface area (Å²) in [5, 5.41) is 9.57. The van der Waals surface area contributed by atoms with Crippen LogP contribution in [0.3, 0.4) is 0 Å². The van der Waals surface area contributed by atoms with E-state index in [0.717, 1.165) is 37.4 Å². The van der Waals surface area contributed by atoms with Crippen molar-refractivity contribution in [1.29, 1.82) is 0 Å². The fourth-order valence-electron chi connectivity index (χ4n) is 2.35. The molecule has 0 amide bonds. The number of thioether (sulfide) groups is 1. The first kappa shape index (κ1) is 15.1. The highest BCUT2D eigenvalue weighted by Crippen LogP contribution is 2.17. The van der Waals surface area contributed by atoms with E-state index in [1.807, 2.05) is 24.3 Å². The van der Waals surface area contributed by atoms with Crippen LogP contribution >= 0.6 is 11.8 Å². The molecule has 5 nitrogen and oxygen atoms in total. The second-order valence-electron chi connectivity index (χ2n) is 5.23. The minimum absolute atomic E-state index is 0.00634. The molecule has 0 aliphatic carbocycles. The van der Waals surface area contributed by atoms with E-state index in [1.54, 1.807) is 18.0 Å². The van der Waals surface area contributed by atoms with Gasteiger partial charge in [0.05, 0.1) is 5.69 Å². The van der Waals surface area contributed by atoms with Crippen molar-refractivity contribution >= 4 is 23.9 Å². The molecule has 1 aromatic heterocycles. The zero-order valence-electron chi connectivity index (χ0n) is 12.3. The van der Waals surface area contributed by atoms with Crippen LogP contribution in [0.1, 0.15) is 18.5 Å². The fourth-order valence-corrected chi connectivity index (χ4v) is 3.02. The van der Waals surface area contributed by atoms with Crippen LogP contribution in [0.2, 0.25) is 0 Å². The van der Waals surface area contributed by atoms with Gasteiger partial charge in [0.25, 0.3) is 0 Å². The van der Waals surface area contributed by atoms with Crippen LogP contribution in [0.25, 0.3) is 6.08 Å². The van der Waals surface area contributed by atoms with E-state index in [9.17, 15) is 4.79 Å². The largest absolute Gasteiger partial charge is 0.444 e. The van der Waals surface area contributed by atoms with Crippen LogP contribution in [-0.2, 0) is 4.74 Å². The highest BCUT2D eigenvalue weighted by atomic mass is 32.2. The smallest absolute Gasteiger partial charge is 0.434 e. The summed E-state index contributed by atoms with van der Waals surface area (Å²) in [6, 6.07) is 1.81. The second-order valence-corrected chi connectivity index (χ2v) is 6.13. The second kappa shape index (κ2) is 7.47. The van der Waals surface area contributed by atoms with Gasteiger partial charge < -0.3 is 10.1 Å². The van der Waals surface area contributed by atoms with Gasteiger partial charge in [-0.3, -0.25) is 0 Å². The molecule has 2 aliphatic heterocycles. The highest BCUT2D eigenvalue weighted by molar-refractivity contribution is 8.02. The number of aromatic nitrogens is 2. The maximum Gasteiger partial charge on any atom is 0.434 e. The molecule has 0 radical (unpaired) electrons. The van der Waals surface area contributed by atoms with Gasteiger partial charge in [-0.2, -0.15) is 9.78 Å². The molecular formula is C16H19N3O2S. The molecule has 0 spiro atoms. The molecule has 0 bridgehead atoms. The molecular weight excluding hydrogens is 298 g/mol. The fraction of sp³-hybridized carbons (Fsp3) is 0.375. The number of carbonyl (C=O) groups excluding carboxylic acids is 1. The number of hydrogen-bond donors (Lipinski definition) is 1. The predicted octanol–water partition coefficient (Wildman–Crippen LogP) is 2.82. The highest BCUT2D eigenvalue weighted by Gasteiger charge is 2.18. The van der Waals surface area contributed by atoms with Gasteiger partial charge in [-0.05, 0) is 49.1 Å². The lowest BCUT2D eigenvalue weighted by Gasteiger charge is -2.22. The monoisotopic (exact) mass is 317 g/mol. The summed E-state index contributed by atoms with van der Waals surface area (Å²) in [6.45, 7) is 1.79. The first-order chi connectivity index (χ1) is 10.8. The lowest BCUT2D eigenvalue weighted by molar-refractivity contribution is 0.0781. The summed E-state index contributed by atoms with van der Waals surface area (Å²) in [6.07, 6.45) is 11.0. The lowest BCUT2D eigenvalue weighted by Crippen LogP contribution is -2.34. The van der Waals surface area contributed by atoms with Crippen molar-refractivity contribution in [3.05, 3.63) is 47.2 Å². The minimum atomic E-state index is -0.401. The van der Waals surface area contributed by atoms with Gasteiger partial charge in [0.15, 0.2) is 0 Å². The third kappa shape index (κ3) is 4.11. The van der Waals surface area contributed by atoms with Gasteiger partial charge >= 0.3 is 6.09 Å². The molecule has 0 aromatic carbocycles. The number of allylic oxidation sites excluding steroid dienone is 3. The van der Waals surface area contributed by atoms with Crippen LogP contribution in [0.15, 0.2) is 41.5 Å². The van der Waals surface area contributed by atoms with Crippen molar-refractivity contribution in [2.75, 3.05) is 18.8 Å². The van der Waals surface area contributed by atoms with Gasteiger partial charge in [0.2, 0.25) is 0 Å². The van der Waals surface area contributed by atoms with Crippen LogP contribution in [0, 0.1) is 0 Å². The number of hydrogen-bond acceptors (Lipinski definition) is 5. The number of carbonyl (C=O) groups is 1. The van der Waals surface area contributed by atoms with Crippen molar-refractivity contribution in [2.24, 2.45) is 0 Å². The molecule has 3 heterocycles. The lowest BCUT2D eigenvalue weighted by atomic mass is 10.1. The number of nitrogens with one attached hydrogen (secondary N) is 1.